The fourth-order valence-electron chi connectivity index (χ4n) is 0.981. The Morgan fingerprint density at radius 2 is 2.06 bits per heavy atom. The molecule has 0 unspecified atom stereocenters. The number of aromatic nitrogens is 2. The van der Waals surface area contributed by atoms with Gasteiger partial charge >= 0.3 is 6.03 Å². The highest BCUT2D eigenvalue weighted by molar-refractivity contribution is 5.93. The summed E-state index contributed by atoms with van der Waals surface area (Å²) in [5.41, 5.74) is 0.471. The van der Waals surface area contributed by atoms with Crippen LogP contribution in [0.1, 0.15) is 10.4 Å². The van der Waals surface area contributed by atoms with E-state index >= 15 is 0 Å². The zero-order chi connectivity index (χ0) is 12.0. The molecule has 0 spiro atoms. The molecule has 0 aliphatic heterocycles. The Hall–Kier alpha value is -2.05. The molecule has 1 rings (SSSR count). The topological polar surface area (TPSA) is 90.1 Å². The van der Waals surface area contributed by atoms with Crippen molar-refractivity contribution in [3.8, 4) is 0 Å². The van der Waals surface area contributed by atoms with Crippen LogP contribution in [-0.4, -0.2) is 54.2 Å². The van der Waals surface area contributed by atoms with Crippen molar-refractivity contribution in [1.82, 2.24) is 25.7 Å². The van der Waals surface area contributed by atoms with E-state index < -0.39 is 0 Å². The zero-order valence-electron chi connectivity index (χ0n) is 9.28. The Balaban J connectivity index is 2.17. The summed E-state index contributed by atoms with van der Waals surface area (Å²) in [6.45, 7) is 0.768. The SMILES string of the molecule is CN(C)C(=O)NCCNC(=O)c1cn[nH]c1. The summed E-state index contributed by atoms with van der Waals surface area (Å²) in [6.07, 6.45) is 2.95. The molecule has 0 saturated heterocycles. The van der Waals surface area contributed by atoms with Gasteiger partial charge in [-0.1, -0.05) is 0 Å². The van der Waals surface area contributed by atoms with Gasteiger partial charge in [0.05, 0.1) is 11.8 Å². The van der Waals surface area contributed by atoms with Crippen LogP contribution < -0.4 is 10.6 Å². The van der Waals surface area contributed by atoms with Gasteiger partial charge in [-0.3, -0.25) is 9.89 Å². The minimum Gasteiger partial charge on any atom is -0.350 e. The number of carbonyl (C=O) groups excluding carboxylic acids is 2. The summed E-state index contributed by atoms with van der Waals surface area (Å²) in [7, 11) is 3.30. The van der Waals surface area contributed by atoms with Gasteiger partial charge in [-0.05, 0) is 0 Å². The van der Waals surface area contributed by atoms with Crippen LogP contribution in [0, 0.1) is 0 Å². The molecule has 0 aromatic carbocycles. The standard InChI is InChI=1S/C9H15N5O2/c1-14(2)9(16)11-4-3-10-8(15)7-5-12-13-6-7/h5-6H,3-4H2,1-2H3,(H,10,15)(H,11,16)(H,12,13). The van der Waals surface area contributed by atoms with Crippen molar-refractivity contribution in [3.63, 3.8) is 0 Å². The van der Waals surface area contributed by atoms with E-state index in [9.17, 15) is 9.59 Å². The number of nitrogens with one attached hydrogen (secondary N) is 3. The highest BCUT2D eigenvalue weighted by Crippen LogP contribution is 1.91. The predicted molar refractivity (Wildman–Crippen MR) is 58.0 cm³/mol. The van der Waals surface area contributed by atoms with E-state index in [1.54, 1.807) is 14.1 Å². The van der Waals surface area contributed by atoms with Crippen molar-refractivity contribution in [3.05, 3.63) is 18.0 Å². The minimum absolute atomic E-state index is 0.183. The van der Waals surface area contributed by atoms with E-state index in [0.717, 1.165) is 0 Å². The number of hydrogen-bond donors (Lipinski definition) is 3. The molecule has 1 aromatic rings. The van der Waals surface area contributed by atoms with Gasteiger partial charge in [0.2, 0.25) is 0 Å². The van der Waals surface area contributed by atoms with Gasteiger partial charge in [-0.15, -0.1) is 0 Å². The highest BCUT2D eigenvalue weighted by Gasteiger charge is 2.05. The molecule has 1 aromatic heterocycles. The van der Waals surface area contributed by atoms with Gasteiger partial charge in [-0.25, -0.2) is 4.79 Å². The van der Waals surface area contributed by atoms with Crippen LogP contribution in [0.2, 0.25) is 0 Å². The molecule has 7 heteroatoms. The molecule has 3 N–H and O–H groups in total. The van der Waals surface area contributed by atoms with Crippen molar-refractivity contribution in [2.45, 2.75) is 0 Å². The Labute approximate surface area is 93.2 Å². The third kappa shape index (κ3) is 3.60. The summed E-state index contributed by atoms with van der Waals surface area (Å²) < 4.78 is 0. The molecule has 3 amide bonds. The van der Waals surface area contributed by atoms with Crippen LogP contribution in [-0.2, 0) is 0 Å². The van der Waals surface area contributed by atoms with Gasteiger partial charge in [0, 0.05) is 33.4 Å². The molecular formula is C9H15N5O2. The molecule has 7 nitrogen and oxygen atoms in total. The first-order valence-corrected chi connectivity index (χ1v) is 4.83. The number of H-pyrrole nitrogens is 1. The van der Waals surface area contributed by atoms with Crippen molar-refractivity contribution in [2.24, 2.45) is 0 Å². The van der Waals surface area contributed by atoms with E-state index in [4.69, 9.17) is 0 Å². The van der Waals surface area contributed by atoms with Crippen molar-refractivity contribution >= 4 is 11.9 Å². The zero-order valence-corrected chi connectivity index (χ0v) is 9.28. The number of amides is 3. The third-order valence-corrected chi connectivity index (χ3v) is 1.85. The van der Waals surface area contributed by atoms with Gasteiger partial charge in [0.15, 0.2) is 0 Å². The smallest absolute Gasteiger partial charge is 0.316 e. The fourth-order valence-corrected chi connectivity index (χ4v) is 0.981. The van der Waals surface area contributed by atoms with E-state index in [1.165, 1.54) is 17.3 Å². The molecular weight excluding hydrogens is 210 g/mol. The number of nitrogens with zero attached hydrogens (tertiary/aromatic N) is 2. The Bertz CT molecular complexity index is 347. The maximum Gasteiger partial charge on any atom is 0.316 e. The second-order valence-corrected chi connectivity index (χ2v) is 3.37. The van der Waals surface area contributed by atoms with Crippen LogP contribution in [0.5, 0.6) is 0 Å². The number of rotatable bonds is 4. The average Bonchev–Trinajstić information content (AvgIpc) is 2.76. The lowest BCUT2D eigenvalue weighted by Crippen LogP contribution is -2.39. The maximum atomic E-state index is 11.4. The molecule has 88 valence electrons. The molecule has 0 bridgehead atoms. The van der Waals surface area contributed by atoms with Crippen LogP contribution in [0.25, 0.3) is 0 Å². The summed E-state index contributed by atoms with van der Waals surface area (Å²) in [5, 5.41) is 11.5. The summed E-state index contributed by atoms with van der Waals surface area (Å²) in [6, 6.07) is -0.183. The molecule has 0 fully saturated rings. The van der Waals surface area contributed by atoms with Gasteiger partial charge in [-0.2, -0.15) is 5.10 Å². The molecule has 0 saturated carbocycles. The molecule has 0 radical (unpaired) electrons. The first kappa shape index (κ1) is 12.0. The molecule has 0 aliphatic rings. The second kappa shape index (κ2) is 5.74. The van der Waals surface area contributed by atoms with Crippen molar-refractivity contribution in [2.75, 3.05) is 27.2 Å². The third-order valence-electron chi connectivity index (χ3n) is 1.85. The lowest BCUT2D eigenvalue weighted by Gasteiger charge is -2.11. The second-order valence-electron chi connectivity index (χ2n) is 3.37. The minimum atomic E-state index is -0.215. The van der Waals surface area contributed by atoms with Crippen LogP contribution in [0.15, 0.2) is 12.4 Å². The highest BCUT2D eigenvalue weighted by atomic mass is 16.2. The maximum absolute atomic E-state index is 11.4. The largest absolute Gasteiger partial charge is 0.350 e. The number of carbonyl (C=O) groups is 2. The Morgan fingerprint density at radius 3 is 2.62 bits per heavy atom. The number of hydrogen-bond acceptors (Lipinski definition) is 3. The van der Waals surface area contributed by atoms with Gasteiger partial charge in [0.25, 0.3) is 5.91 Å². The fraction of sp³-hybridized carbons (Fsp3) is 0.444. The van der Waals surface area contributed by atoms with Crippen LogP contribution in [0.4, 0.5) is 4.79 Å². The Morgan fingerprint density at radius 1 is 1.38 bits per heavy atom. The summed E-state index contributed by atoms with van der Waals surface area (Å²) >= 11 is 0. The summed E-state index contributed by atoms with van der Waals surface area (Å²) in [5.74, 6) is -0.215. The Kier molecular flexibility index (Phi) is 4.31. The monoisotopic (exact) mass is 225 g/mol. The number of aromatic amines is 1. The van der Waals surface area contributed by atoms with Crippen LogP contribution in [0.3, 0.4) is 0 Å². The summed E-state index contributed by atoms with van der Waals surface area (Å²) in [4.78, 5) is 23.9. The van der Waals surface area contributed by atoms with Crippen LogP contribution >= 0.6 is 0 Å². The average molecular weight is 225 g/mol. The molecule has 0 atom stereocenters. The van der Waals surface area contributed by atoms with E-state index in [1.807, 2.05) is 0 Å². The van der Waals surface area contributed by atoms with Crippen molar-refractivity contribution < 1.29 is 9.59 Å². The molecule has 0 aliphatic carbocycles. The van der Waals surface area contributed by atoms with Crippen molar-refractivity contribution in [1.29, 1.82) is 0 Å². The first-order chi connectivity index (χ1) is 7.61. The lowest BCUT2D eigenvalue weighted by molar-refractivity contribution is 0.0953. The lowest BCUT2D eigenvalue weighted by atomic mass is 10.3. The van der Waals surface area contributed by atoms with E-state index in [-0.39, 0.29) is 11.9 Å². The van der Waals surface area contributed by atoms with E-state index in [0.29, 0.717) is 18.7 Å². The molecule has 16 heavy (non-hydrogen) atoms. The van der Waals surface area contributed by atoms with E-state index in [2.05, 4.69) is 20.8 Å². The first-order valence-electron chi connectivity index (χ1n) is 4.83. The normalized spacial score (nSPS) is 9.62. The number of urea groups is 1. The predicted octanol–water partition coefficient (Wildman–Crippen LogP) is -0.589. The molecule has 1 heterocycles. The van der Waals surface area contributed by atoms with Gasteiger partial charge in [0.1, 0.15) is 0 Å². The quantitative estimate of drug-likeness (QED) is 0.598. The van der Waals surface area contributed by atoms with Gasteiger partial charge < -0.3 is 15.5 Å².